The van der Waals surface area contributed by atoms with E-state index in [9.17, 15) is 18.3 Å². The van der Waals surface area contributed by atoms with Crippen molar-refractivity contribution in [1.29, 1.82) is 0 Å². The summed E-state index contributed by atoms with van der Waals surface area (Å²) in [4.78, 5) is 23.8. The standard InChI is InChI=1S/C22H29N5O4S/c1-32(30,31)18-14-19(25-21(15-18)26-9-11-27(12-10-26)22(28)29)16-7-8-23-20(13-16)24-17-5-3-2-4-6-17/h7-8,13-15,17H,2-6,9-12H2,1H3,(H,23,24)(H,28,29). The summed E-state index contributed by atoms with van der Waals surface area (Å²) in [6.45, 7) is 1.61. The van der Waals surface area contributed by atoms with Crippen LogP contribution in [0.15, 0.2) is 35.4 Å². The molecule has 1 aliphatic carbocycles. The van der Waals surface area contributed by atoms with Crippen molar-refractivity contribution in [3.63, 3.8) is 0 Å². The Kier molecular flexibility index (Phi) is 6.50. The molecule has 2 aromatic rings. The van der Waals surface area contributed by atoms with Gasteiger partial charge < -0.3 is 20.2 Å². The van der Waals surface area contributed by atoms with Crippen molar-refractivity contribution in [2.75, 3.05) is 42.7 Å². The Morgan fingerprint density at radius 1 is 1.09 bits per heavy atom. The minimum atomic E-state index is -3.45. The second kappa shape index (κ2) is 9.32. The topological polar surface area (TPSA) is 116 Å². The highest BCUT2D eigenvalue weighted by Crippen LogP contribution is 2.28. The first-order chi connectivity index (χ1) is 15.3. The van der Waals surface area contributed by atoms with E-state index in [4.69, 9.17) is 4.98 Å². The lowest BCUT2D eigenvalue weighted by molar-refractivity contribution is 0.142. The number of piperazine rings is 1. The average Bonchev–Trinajstić information content (AvgIpc) is 2.79. The number of aromatic nitrogens is 2. The van der Waals surface area contributed by atoms with E-state index in [0.29, 0.717) is 43.7 Å². The molecule has 0 spiro atoms. The third kappa shape index (κ3) is 5.29. The molecular formula is C22H29N5O4S. The van der Waals surface area contributed by atoms with Gasteiger partial charge in [-0.15, -0.1) is 0 Å². The summed E-state index contributed by atoms with van der Waals surface area (Å²) < 4.78 is 24.7. The van der Waals surface area contributed by atoms with Gasteiger partial charge in [0.25, 0.3) is 0 Å². The van der Waals surface area contributed by atoms with E-state index in [1.165, 1.54) is 30.4 Å². The number of pyridine rings is 2. The van der Waals surface area contributed by atoms with Crippen LogP contribution in [0, 0.1) is 0 Å². The van der Waals surface area contributed by atoms with Gasteiger partial charge in [-0.2, -0.15) is 0 Å². The van der Waals surface area contributed by atoms with Gasteiger partial charge in [0.15, 0.2) is 9.84 Å². The zero-order valence-electron chi connectivity index (χ0n) is 18.2. The number of nitrogens with one attached hydrogen (secondary N) is 1. The minimum absolute atomic E-state index is 0.191. The number of carboxylic acid groups (broad SMARTS) is 1. The van der Waals surface area contributed by atoms with Crippen LogP contribution in [0.3, 0.4) is 0 Å². The average molecular weight is 460 g/mol. The predicted molar refractivity (Wildman–Crippen MR) is 123 cm³/mol. The van der Waals surface area contributed by atoms with Crippen LogP contribution in [0.4, 0.5) is 16.4 Å². The first kappa shape index (κ1) is 22.3. The van der Waals surface area contributed by atoms with Gasteiger partial charge in [0.2, 0.25) is 0 Å². The number of anilines is 2. The van der Waals surface area contributed by atoms with Crippen LogP contribution >= 0.6 is 0 Å². The minimum Gasteiger partial charge on any atom is -0.465 e. The van der Waals surface area contributed by atoms with E-state index >= 15 is 0 Å². The van der Waals surface area contributed by atoms with E-state index in [1.54, 1.807) is 18.3 Å². The van der Waals surface area contributed by atoms with Crippen molar-refractivity contribution in [2.24, 2.45) is 0 Å². The van der Waals surface area contributed by atoms with E-state index < -0.39 is 15.9 Å². The van der Waals surface area contributed by atoms with Crippen molar-refractivity contribution in [3.05, 3.63) is 30.5 Å². The van der Waals surface area contributed by atoms with Crippen LogP contribution < -0.4 is 10.2 Å². The van der Waals surface area contributed by atoms with Crippen LogP contribution in [0.5, 0.6) is 0 Å². The molecule has 4 rings (SSSR count). The Morgan fingerprint density at radius 3 is 2.47 bits per heavy atom. The molecule has 3 heterocycles. The Hall–Kier alpha value is -2.88. The lowest BCUT2D eigenvalue weighted by atomic mass is 9.95. The lowest BCUT2D eigenvalue weighted by Crippen LogP contribution is -2.48. The summed E-state index contributed by atoms with van der Waals surface area (Å²) in [7, 11) is -3.45. The Morgan fingerprint density at radius 2 is 1.81 bits per heavy atom. The van der Waals surface area contributed by atoms with Crippen LogP contribution in [0.2, 0.25) is 0 Å². The predicted octanol–water partition coefficient (Wildman–Crippen LogP) is 3.09. The molecule has 0 bridgehead atoms. The molecule has 2 fully saturated rings. The molecule has 32 heavy (non-hydrogen) atoms. The number of sulfone groups is 1. The van der Waals surface area contributed by atoms with Gasteiger partial charge >= 0.3 is 6.09 Å². The second-order valence-corrected chi connectivity index (χ2v) is 10.5. The highest BCUT2D eigenvalue weighted by atomic mass is 32.2. The number of amides is 1. The summed E-state index contributed by atoms with van der Waals surface area (Å²) in [5.41, 5.74) is 1.34. The van der Waals surface area contributed by atoms with Crippen LogP contribution in [0.25, 0.3) is 11.3 Å². The lowest BCUT2D eigenvalue weighted by Gasteiger charge is -2.34. The number of rotatable bonds is 5. The molecule has 1 saturated carbocycles. The normalized spacial score (nSPS) is 17.9. The molecule has 10 heteroatoms. The summed E-state index contributed by atoms with van der Waals surface area (Å²) in [6, 6.07) is 7.30. The third-order valence-electron chi connectivity index (χ3n) is 6.10. The van der Waals surface area contributed by atoms with Crippen molar-refractivity contribution < 1.29 is 18.3 Å². The molecule has 1 amide bonds. The van der Waals surface area contributed by atoms with Gasteiger partial charge in [0, 0.05) is 50.2 Å². The summed E-state index contributed by atoms with van der Waals surface area (Å²) in [5.74, 6) is 1.30. The highest BCUT2D eigenvalue weighted by Gasteiger charge is 2.23. The van der Waals surface area contributed by atoms with Gasteiger partial charge in [0.1, 0.15) is 11.6 Å². The SMILES string of the molecule is CS(=O)(=O)c1cc(-c2ccnc(NC3CCCCC3)c2)nc(N2CCN(C(=O)O)CC2)c1. The second-order valence-electron chi connectivity index (χ2n) is 8.48. The van der Waals surface area contributed by atoms with Gasteiger partial charge in [-0.3, -0.25) is 0 Å². The molecule has 1 aliphatic heterocycles. The number of nitrogens with zero attached hydrogens (tertiary/aromatic N) is 4. The molecule has 0 atom stereocenters. The largest absolute Gasteiger partial charge is 0.465 e. The first-order valence-corrected chi connectivity index (χ1v) is 12.9. The molecule has 2 aromatic heterocycles. The van der Waals surface area contributed by atoms with Gasteiger partial charge in [-0.25, -0.2) is 23.2 Å². The van der Waals surface area contributed by atoms with E-state index in [1.807, 2.05) is 17.0 Å². The maximum absolute atomic E-state index is 12.4. The zero-order valence-corrected chi connectivity index (χ0v) is 19.0. The van der Waals surface area contributed by atoms with Crippen molar-refractivity contribution in [2.45, 2.75) is 43.0 Å². The smallest absolute Gasteiger partial charge is 0.407 e. The van der Waals surface area contributed by atoms with E-state index in [2.05, 4.69) is 10.3 Å². The fourth-order valence-corrected chi connectivity index (χ4v) is 4.91. The molecule has 2 aliphatic rings. The summed E-state index contributed by atoms with van der Waals surface area (Å²) in [6.07, 6.45) is 7.90. The Balaban J connectivity index is 1.63. The fourth-order valence-electron chi connectivity index (χ4n) is 4.27. The third-order valence-corrected chi connectivity index (χ3v) is 7.19. The Labute approximate surface area is 188 Å². The van der Waals surface area contributed by atoms with Gasteiger partial charge in [-0.1, -0.05) is 19.3 Å². The maximum Gasteiger partial charge on any atom is 0.407 e. The van der Waals surface area contributed by atoms with Crippen molar-refractivity contribution in [3.8, 4) is 11.3 Å². The number of hydrogen-bond donors (Lipinski definition) is 2. The molecule has 0 unspecified atom stereocenters. The molecule has 172 valence electrons. The fraction of sp³-hybridized carbons (Fsp3) is 0.500. The molecule has 9 nitrogen and oxygen atoms in total. The highest BCUT2D eigenvalue weighted by molar-refractivity contribution is 7.90. The molecule has 1 saturated heterocycles. The molecular weight excluding hydrogens is 430 g/mol. The molecule has 0 aromatic carbocycles. The summed E-state index contributed by atoms with van der Waals surface area (Å²) >= 11 is 0. The van der Waals surface area contributed by atoms with E-state index in [0.717, 1.165) is 24.2 Å². The van der Waals surface area contributed by atoms with Gasteiger partial charge in [0.05, 0.1) is 10.6 Å². The first-order valence-electron chi connectivity index (χ1n) is 11.0. The monoisotopic (exact) mass is 459 g/mol. The van der Waals surface area contributed by atoms with Crippen LogP contribution in [-0.4, -0.2) is 73.0 Å². The summed E-state index contributed by atoms with van der Waals surface area (Å²) in [5, 5.41) is 12.7. The van der Waals surface area contributed by atoms with Gasteiger partial charge in [-0.05, 0) is 37.1 Å². The maximum atomic E-state index is 12.4. The van der Waals surface area contributed by atoms with E-state index in [-0.39, 0.29) is 4.90 Å². The molecule has 2 N–H and O–H groups in total. The van der Waals surface area contributed by atoms with Crippen LogP contribution in [-0.2, 0) is 9.84 Å². The Bertz CT molecular complexity index is 1080. The number of carbonyl (C=O) groups is 1. The van der Waals surface area contributed by atoms with Crippen molar-refractivity contribution in [1.82, 2.24) is 14.9 Å². The van der Waals surface area contributed by atoms with Crippen molar-refractivity contribution >= 4 is 27.6 Å². The molecule has 0 radical (unpaired) electrons. The number of hydrogen-bond acceptors (Lipinski definition) is 7. The quantitative estimate of drug-likeness (QED) is 0.701. The van der Waals surface area contributed by atoms with Crippen LogP contribution in [0.1, 0.15) is 32.1 Å². The zero-order chi connectivity index (χ0) is 22.7.